The normalized spacial score (nSPS) is 15.9. The number of benzene rings is 1. The molecule has 0 spiro atoms. The lowest BCUT2D eigenvalue weighted by molar-refractivity contribution is -0.394. The van der Waals surface area contributed by atoms with Crippen LogP contribution in [0.25, 0.3) is 0 Å². The summed E-state index contributed by atoms with van der Waals surface area (Å²) in [4.78, 5) is 33.3. The van der Waals surface area contributed by atoms with Gasteiger partial charge < -0.3 is 4.74 Å². The lowest BCUT2D eigenvalue weighted by atomic mass is 9.96. The number of nitrogens with zero attached hydrogens (tertiary/aromatic N) is 2. The van der Waals surface area contributed by atoms with Crippen molar-refractivity contribution in [3.05, 3.63) is 37.9 Å². The fourth-order valence-corrected chi connectivity index (χ4v) is 2.90. The molecule has 1 aromatic rings. The molecule has 1 fully saturated rings. The van der Waals surface area contributed by atoms with Crippen molar-refractivity contribution in [2.24, 2.45) is 5.92 Å². The van der Waals surface area contributed by atoms with Gasteiger partial charge in [0.2, 0.25) is 5.75 Å². The molecule has 2 rings (SSSR count). The summed E-state index contributed by atoms with van der Waals surface area (Å²) < 4.78 is 5.38. The monoisotopic (exact) mass is 336 g/mol. The lowest BCUT2D eigenvalue weighted by Crippen LogP contribution is -2.19. The Labute approximate surface area is 139 Å². The Morgan fingerprint density at radius 1 is 1.25 bits per heavy atom. The number of carbonyl (C=O) groups excluding carboxylic acids is 1. The van der Waals surface area contributed by atoms with Crippen LogP contribution in [-0.2, 0) is 4.79 Å². The molecule has 0 saturated heterocycles. The van der Waals surface area contributed by atoms with Crippen LogP contribution < -0.4 is 4.74 Å². The summed E-state index contributed by atoms with van der Waals surface area (Å²) in [5, 5.41) is 22.4. The summed E-state index contributed by atoms with van der Waals surface area (Å²) in [6.07, 6.45) is 3.88. The van der Waals surface area contributed by atoms with Crippen LogP contribution in [0.1, 0.15) is 57.4 Å². The third-order valence-electron chi connectivity index (χ3n) is 4.52. The molecule has 24 heavy (non-hydrogen) atoms. The van der Waals surface area contributed by atoms with E-state index in [0.29, 0.717) is 24.8 Å². The van der Waals surface area contributed by atoms with Crippen molar-refractivity contribution in [2.75, 3.05) is 0 Å². The molecule has 0 bridgehead atoms. The van der Waals surface area contributed by atoms with Crippen molar-refractivity contribution in [3.8, 4) is 5.75 Å². The molecule has 1 unspecified atom stereocenters. The van der Waals surface area contributed by atoms with E-state index in [0.717, 1.165) is 18.9 Å². The zero-order valence-electron chi connectivity index (χ0n) is 13.7. The smallest absolute Gasteiger partial charge is 0.318 e. The van der Waals surface area contributed by atoms with Gasteiger partial charge in [0.1, 0.15) is 0 Å². The molecular weight excluding hydrogens is 316 g/mol. The van der Waals surface area contributed by atoms with Gasteiger partial charge in [-0.05, 0) is 25.2 Å². The van der Waals surface area contributed by atoms with E-state index in [2.05, 4.69) is 0 Å². The van der Waals surface area contributed by atoms with E-state index in [1.165, 1.54) is 6.07 Å². The van der Waals surface area contributed by atoms with Crippen LogP contribution in [0.3, 0.4) is 0 Å². The average molecular weight is 336 g/mol. The third kappa shape index (κ3) is 3.69. The van der Waals surface area contributed by atoms with E-state index in [4.69, 9.17) is 4.74 Å². The van der Waals surface area contributed by atoms with Crippen molar-refractivity contribution >= 4 is 17.3 Å². The summed E-state index contributed by atoms with van der Waals surface area (Å²) >= 11 is 0. The minimum atomic E-state index is -0.740. The molecule has 0 radical (unpaired) electrons. The molecule has 1 aliphatic rings. The van der Waals surface area contributed by atoms with Gasteiger partial charge in [-0.3, -0.25) is 25.0 Å². The van der Waals surface area contributed by atoms with Gasteiger partial charge in [-0.25, -0.2) is 0 Å². The molecule has 130 valence electrons. The average Bonchev–Trinajstić information content (AvgIpc) is 3.08. The van der Waals surface area contributed by atoms with Crippen LogP contribution in [0.4, 0.5) is 11.4 Å². The van der Waals surface area contributed by atoms with Crippen molar-refractivity contribution in [2.45, 2.75) is 51.9 Å². The summed E-state index contributed by atoms with van der Waals surface area (Å²) in [7, 11) is 0. The Bertz CT molecular complexity index is 667. The summed E-state index contributed by atoms with van der Waals surface area (Å²) in [6.45, 7) is 3.65. The summed E-state index contributed by atoms with van der Waals surface area (Å²) in [5.41, 5.74) is -0.590. The maximum absolute atomic E-state index is 12.3. The van der Waals surface area contributed by atoms with Gasteiger partial charge in [0.05, 0.1) is 21.8 Å². The molecule has 0 N–H and O–H groups in total. The van der Waals surface area contributed by atoms with Gasteiger partial charge in [-0.15, -0.1) is 0 Å². The molecule has 0 amide bonds. The minimum Gasteiger partial charge on any atom is -0.419 e. The predicted molar refractivity (Wildman–Crippen MR) is 86.0 cm³/mol. The highest BCUT2D eigenvalue weighted by molar-refractivity contribution is 5.78. The first-order chi connectivity index (χ1) is 11.3. The number of hydrogen-bond donors (Lipinski definition) is 0. The second kappa shape index (κ2) is 7.37. The molecule has 1 saturated carbocycles. The molecule has 1 aromatic carbocycles. The van der Waals surface area contributed by atoms with Crippen molar-refractivity contribution < 1.29 is 19.4 Å². The fraction of sp³-hybridized carbons (Fsp3) is 0.562. The zero-order chi connectivity index (χ0) is 17.9. The molecule has 1 atom stereocenters. The van der Waals surface area contributed by atoms with E-state index in [9.17, 15) is 25.0 Å². The van der Waals surface area contributed by atoms with E-state index in [1.54, 1.807) is 6.92 Å². The van der Waals surface area contributed by atoms with Crippen LogP contribution in [0.5, 0.6) is 5.75 Å². The molecule has 0 aliphatic heterocycles. The van der Waals surface area contributed by atoms with E-state index in [1.807, 2.05) is 6.92 Å². The predicted octanol–water partition coefficient (Wildman–Crippen LogP) is 4.11. The van der Waals surface area contributed by atoms with Crippen LogP contribution >= 0.6 is 0 Å². The minimum absolute atomic E-state index is 0.156. The molecule has 0 heterocycles. The first-order valence-electron chi connectivity index (χ1n) is 8.03. The van der Waals surface area contributed by atoms with Gasteiger partial charge in [-0.2, -0.15) is 0 Å². The first-order valence-corrected chi connectivity index (χ1v) is 8.03. The van der Waals surface area contributed by atoms with Crippen LogP contribution in [-0.4, -0.2) is 15.8 Å². The van der Waals surface area contributed by atoms with Crippen molar-refractivity contribution in [1.29, 1.82) is 0 Å². The number of ether oxygens (including phenoxy) is 1. The number of carbonyl (C=O) groups is 1. The Hall–Kier alpha value is -2.51. The highest BCUT2D eigenvalue weighted by atomic mass is 16.6. The number of nitro benzene ring substituents is 2. The Morgan fingerprint density at radius 2 is 1.88 bits per heavy atom. The molecule has 1 aliphatic carbocycles. The zero-order valence-corrected chi connectivity index (χ0v) is 13.7. The van der Waals surface area contributed by atoms with Crippen LogP contribution in [0.2, 0.25) is 0 Å². The number of rotatable bonds is 6. The van der Waals surface area contributed by atoms with E-state index >= 15 is 0 Å². The summed E-state index contributed by atoms with van der Waals surface area (Å²) in [6, 6.07) is 2.11. The van der Waals surface area contributed by atoms with Crippen LogP contribution in [0, 0.1) is 26.1 Å². The van der Waals surface area contributed by atoms with E-state index in [-0.39, 0.29) is 23.3 Å². The maximum Gasteiger partial charge on any atom is 0.318 e. The standard InChI is InChI=1S/C16H20N2O6/c1-3-10(2)13-8-12(17(20)21)9-14(18(22)23)15(13)24-16(19)11-6-4-5-7-11/h8-11H,3-7H2,1-2H3. The van der Waals surface area contributed by atoms with Gasteiger partial charge in [-0.1, -0.05) is 26.7 Å². The summed E-state index contributed by atoms with van der Waals surface area (Å²) in [5.74, 6) is -1.12. The first kappa shape index (κ1) is 17.8. The quantitative estimate of drug-likeness (QED) is 0.334. The second-order valence-electron chi connectivity index (χ2n) is 6.11. The fourth-order valence-electron chi connectivity index (χ4n) is 2.90. The Balaban J connectivity index is 2.50. The Kier molecular flexibility index (Phi) is 5.48. The van der Waals surface area contributed by atoms with Gasteiger partial charge in [0, 0.05) is 11.6 Å². The SMILES string of the molecule is CCC(C)c1cc([N+](=O)[O-])cc([N+](=O)[O-])c1OC(=O)C1CCCC1. The third-order valence-corrected chi connectivity index (χ3v) is 4.52. The lowest BCUT2D eigenvalue weighted by Gasteiger charge is -2.16. The second-order valence-corrected chi connectivity index (χ2v) is 6.11. The number of nitro groups is 2. The van der Waals surface area contributed by atoms with Gasteiger partial charge in [0.15, 0.2) is 0 Å². The topological polar surface area (TPSA) is 113 Å². The molecule has 0 aromatic heterocycles. The Morgan fingerprint density at radius 3 is 2.38 bits per heavy atom. The van der Waals surface area contributed by atoms with Crippen molar-refractivity contribution in [3.63, 3.8) is 0 Å². The van der Waals surface area contributed by atoms with E-state index < -0.39 is 21.5 Å². The van der Waals surface area contributed by atoms with Crippen molar-refractivity contribution in [1.82, 2.24) is 0 Å². The molecular formula is C16H20N2O6. The van der Waals surface area contributed by atoms with Gasteiger partial charge >= 0.3 is 11.7 Å². The number of hydrogen-bond acceptors (Lipinski definition) is 6. The highest BCUT2D eigenvalue weighted by Gasteiger charge is 2.32. The number of non-ortho nitro benzene ring substituents is 1. The maximum atomic E-state index is 12.3. The molecule has 8 heteroatoms. The van der Waals surface area contributed by atoms with Gasteiger partial charge in [0.25, 0.3) is 5.69 Å². The largest absolute Gasteiger partial charge is 0.419 e. The van der Waals surface area contributed by atoms with Crippen LogP contribution in [0.15, 0.2) is 12.1 Å². The highest BCUT2D eigenvalue weighted by Crippen LogP contribution is 2.41. The number of esters is 1. The molecule has 8 nitrogen and oxygen atoms in total.